The number of anilines is 1. The number of hydrogen-bond donors (Lipinski definition) is 0. The summed E-state index contributed by atoms with van der Waals surface area (Å²) in [6.45, 7) is 2.71. The van der Waals surface area contributed by atoms with Crippen molar-refractivity contribution < 1.29 is 19.1 Å². The number of Topliss-reactive ketones (excluding diaryl/α,β-unsaturated/α-hetero) is 1. The number of rotatable bonds is 4. The van der Waals surface area contributed by atoms with Crippen molar-refractivity contribution in [3.8, 4) is 5.75 Å². The van der Waals surface area contributed by atoms with Gasteiger partial charge in [0.15, 0.2) is 5.78 Å². The Balaban J connectivity index is 1.52. The Hall–Kier alpha value is -2.99. The summed E-state index contributed by atoms with van der Waals surface area (Å²) in [4.78, 5) is 43.7. The maximum Gasteiger partial charge on any atom is 0.239 e. The predicted molar refractivity (Wildman–Crippen MR) is 111 cm³/mol. The number of benzene rings is 2. The molecule has 3 saturated heterocycles. The summed E-state index contributed by atoms with van der Waals surface area (Å²) in [5.74, 6) is -0.922. The van der Waals surface area contributed by atoms with Crippen LogP contribution in [0, 0.1) is 18.8 Å². The van der Waals surface area contributed by atoms with Gasteiger partial charge in [0.2, 0.25) is 11.8 Å². The number of fused-ring (bicyclic) bond motifs is 3. The molecule has 6 heteroatoms. The molecule has 0 aliphatic carbocycles. The van der Waals surface area contributed by atoms with E-state index in [1.807, 2.05) is 19.1 Å². The molecule has 3 heterocycles. The number of ketones is 1. The van der Waals surface area contributed by atoms with Gasteiger partial charge in [-0.2, -0.15) is 0 Å². The fourth-order valence-electron chi connectivity index (χ4n) is 5.39. The zero-order valence-corrected chi connectivity index (χ0v) is 17.1. The monoisotopic (exact) mass is 404 g/mol. The second-order valence-corrected chi connectivity index (χ2v) is 8.38. The standard InChI is InChI=1S/C24H24N2O4/c1-14-5-9-16(10-6-14)26-23(28)19-18-4-3-13-25(18)21(20(19)24(26)29)22(27)15-7-11-17(30-2)12-8-15/h5-12,18-21H,3-4,13H2,1-2H3/t18-,19-,20-,21+/m1/s1. The van der Waals surface area contributed by atoms with Crippen molar-refractivity contribution in [3.05, 3.63) is 59.7 Å². The lowest BCUT2D eigenvalue weighted by Crippen LogP contribution is -2.46. The summed E-state index contributed by atoms with van der Waals surface area (Å²) < 4.78 is 5.19. The first-order valence-corrected chi connectivity index (χ1v) is 10.4. The smallest absolute Gasteiger partial charge is 0.239 e. The van der Waals surface area contributed by atoms with E-state index in [1.54, 1.807) is 43.5 Å². The third-order valence-electron chi connectivity index (χ3n) is 6.79. The predicted octanol–water partition coefficient (Wildman–Crippen LogP) is 2.84. The normalized spacial score (nSPS) is 28.0. The van der Waals surface area contributed by atoms with Crippen molar-refractivity contribution in [3.63, 3.8) is 0 Å². The lowest BCUT2D eigenvalue weighted by atomic mass is 9.85. The van der Waals surface area contributed by atoms with Crippen molar-refractivity contribution in [1.29, 1.82) is 0 Å². The average Bonchev–Trinajstić information content (AvgIpc) is 3.41. The molecule has 0 aromatic heterocycles. The van der Waals surface area contributed by atoms with Crippen molar-refractivity contribution >= 4 is 23.3 Å². The van der Waals surface area contributed by atoms with Gasteiger partial charge in [0.25, 0.3) is 0 Å². The Labute approximate surface area is 175 Å². The van der Waals surface area contributed by atoms with Crippen LogP contribution >= 0.6 is 0 Å². The van der Waals surface area contributed by atoms with E-state index in [1.165, 1.54) is 4.90 Å². The summed E-state index contributed by atoms with van der Waals surface area (Å²) in [7, 11) is 1.58. The molecular formula is C24H24N2O4. The zero-order valence-electron chi connectivity index (χ0n) is 17.1. The zero-order chi connectivity index (χ0) is 21.0. The molecule has 0 saturated carbocycles. The van der Waals surface area contributed by atoms with Crippen LogP contribution in [-0.4, -0.2) is 48.2 Å². The van der Waals surface area contributed by atoms with Crippen LogP contribution in [0.3, 0.4) is 0 Å². The molecule has 3 aliphatic rings. The molecule has 2 aromatic rings. The van der Waals surface area contributed by atoms with Crippen molar-refractivity contribution in [2.45, 2.75) is 31.8 Å². The molecule has 6 nitrogen and oxygen atoms in total. The summed E-state index contributed by atoms with van der Waals surface area (Å²) in [6.07, 6.45) is 1.78. The Morgan fingerprint density at radius 2 is 1.63 bits per heavy atom. The van der Waals surface area contributed by atoms with Gasteiger partial charge in [0, 0.05) is 11.6 Å². The minimum Gasteiger partial charge on any atom is -0.497 e. The van der Waals surface area contributed by atoms with Crippen LogP contribution in [-0.2, 0) is 9.59 Å². The first-order valence-electron chi connectivity index (χ1n) is 10.4. The molecule has 3 aliphatic heterocycles. The number of imide groups is 1. The summed E-state index contributed by atoms with van der Waals surface area (Å²) in [5, 5.41) is 0. The SMILES string of the molecule is COc1ccc(C(=O)[C@@H]2[C@@H]3C(=O)N(c4ccc(C)cc4)C(=O)[C@@H]3[C@H]3CCCN32)cc1. The Bertz CT molecular complexity index is 1010. The Kier molecular flexibility index (Phi) is 4.47. The number of ether oxygens (including phenoxy) is 1. The largest absolute Gasteiger partial charge is 0.497 e. The molecule has 154 valence electrons. The van der Waals surface area contributed by atoms with Crippen LogP contribution in [0.5, 0.6) is 5.75 Å². The minimum atomic E-state index is -0.626. The molecule has 2 aromatic carbocycles. The average molecular weight is 404 g/mol. The van der Waals surface area contributed by atoms with Gasteiger partial charge < -0.3 is 4.74 Å². The lowest BCUT2D eigenvalue weighted by Gasteiger charge is -2.27. The van der Waals surface area contributed by atoms with Gasteiger partial charge in [0.1, 0.15) is 5.75 Å². The molecule has 0 radical (unpaired) electrons. The molecule has 3 fully saturated rings. The number of amides is 2. The summed E-state index contributed by atoms with van der Waals surface area (Å²) in [6, 6.07) is 13.7. The molecule has 5 rings (SSSR count). The second kappa shape index (κ2) is 7.06. The lowest BCUT2D eigenvalue weighted by molar-refractivity contribution is -0.123. The van der Waals surface area contributed by atoms with Gasteiger partial charge in [-0.3, -0.25) is 19.3 Å². The van der Waals surface area contributed by atoms with E-state index in [4.69, 9.17) is 4.74 Å². The van der Waals surface area contributed by atoms with Crippen LogP contribution in [0.1, 0.15) is 28.8 Å². The van der Waals surface area contributed by atoms with E-state index in [0.717, 1.165) is 24.9 Å². The quantitative estimate of drug-likeness (QED) is 0.579. The van der Waals surface area contributed by atoms with E-state index >= 15 is 0 Å². The maximum absolute atomic E-state index is 13.5. The number of nitrogens with zero attached hydrogens (tertiary/aromatic N) is 2. The van der Waals surface area contributed by atoms with Gasteiger partial charge in [-0.25, -0.2) is 4.90 Å². The van der Waals surface area contributed by atoms with E-state index in [-0.39, 0.29) is 23.6 Å². The third-order valence-corrected chi connectivity index (χ3v) is 6.79. The van der Waals surface area contributed by atoms with Crippen LogP contribution in [0.2, 0.25) is 0 Å². The van der Waals surface area contributed by atoms with Gasteiger partial charge in [-0.05, 0) is 62.7 Å². The van der Waals surface area contributed by atoms with Crippen LogP contribution < -0.4 is 9.64 Å². The van der Waals surface area contributed by atoms with Crippen LogP contribution in [0.25, 0.3) is 0 Å². The first-order chi connectivity index (χ1) is 14.5. The molecule has 4 atom stereocenters. The highest BCUT2D eigenvalue weighted by molar-refractivity contribution is 6.24. The van der Waals surface area contributed by atoms with Crippen molar-refractivity contribution in [1.82, 2.24) is 4.90 Å². The minimum absolute atomic E-state index is 0.0471. The molecule has 30 heavy (non-hydrogen) atoms. The highest BCUT2D eigenvalue weighted by atomic mass is 16.5. The van der Waals surface area contributed by atoms with Gasteiger partial charge in [0.05, 0.1) is 30.7 Å². The second-order valence-electron chi connectivity index (χ2n) is 8.38. The van der Waals surface area contributed by atoms with Gasteiger partial charge in [-0.1, -0.05) is 17.7 Å². The van der Waals surface area contributed by atoms with Crippen LogP contribution in [0.4, 0.5) is 5.69 Å². The molecule has 2 amide bonds. The van der Waals surface area contributed by atoms with Gasteiger partial charge in [-0.15, -0.1) is 0 Å². The first kappa shape index (κ1) is 19.0. The molecule has 0 N–H and O–H groups in total. The highest BCUT2D eigenvalue weighted by Crippen LogP contribution is 2.48. The summed E-state index contributed by atoms with van der Waals surface area (Å²) >= 11 is 0. The van der Waals surface area contributed by atoms with Crippen molar-refractivity contribution in [2.24, 2.45) is 11.8 Å². The van der Waals surface area contributed by atoms with E-state index in [0.29, 0.717) is 17.0 Å². The van der Waals surface area contributed by atoms with E-state index in [9.17, 15) is 14.4 Å². The molecular weight excluding hydrogens is 380 g/mol. The van der Waals surface area contributed by atoms with Crippen LogP contribution in [0.15, 0.2) is 48.5 Å². The number of hydrogen-bond acceptors (Lipinski definition) is 5. The fraction of sp³-hybridized carbons (Fsp3) is 0.375. The number of aryl methyl sites for hydroxylation is 1. The molecule has 0 spiro atoms. The number of carbonyl (C=O) groups excluding carboxylic acids is 3. The Morgan fingerprint density at radius 1 is 0.967 bits per heavy atom. The Morgan fingerprint density at radius 3 is 2.30 bits per heavy atom. The van der Waals surface area contributed by atoms with E-state index < -0.39 is 17.9 Å². The van der Waals surface area contributed by atoms with Crippen molar-refractivity contribution in [2.75, 3.05) is 18.6 Å². The van der Waals surface area contributed by atoms with Gasteiger partial charge >= 0.3 is 0 Å². The molecule has 0 unspecified atom stereocenters. The van der Waals surface area contributed by atoms with E-state index in [2.05, 4.69) is 4.90 Å². The number of carbonyl (C=O) groups is 3. The maximum atomic E-state index is 13.5. The fourth-order valence-corrected chi connectivity index (χ4v) is 5.39. The topological polar surface area (TPSA) is 66.9 Å². The highest BCUT2D eigenvalue weighted by Gasteiger charge is 2.64. The third kappa shape index (κ3) is 2.70. The molecule has 0 bridgehead atoms. The number of methoxy groups -OCH3 is 1. The summed E-state index contributed by atoms with van der Waals surface area (Å²) in [5.41, 5.74) is 2.19.